The van der Waals surface area contributed by atoms with Crippen LogP contribution in [0, 0.1) is 5.92 Å². The Balaban J connectivity index is 1.42. The van der Waals surface area contributed by atoms with Gasteiger partial charge in [0.1, 0.15) is 11.8 Å². The van der Waals surface area contributed by atoms with Crippen LogP contribution in [0.5, 0.6) is 0 Å². The van der Waals surface area contributed by atoms with Gasteiger partial charge < -0.3 is 20.0 Å². The zero-order valence-electron chi connectivity index (χ0n) is 18.6. The summed E-state index contributed by atoms with van der Waals surface area (Å²) in [5.41, 5.74) is 1.06. The molecule has 3 amide bonds. The SMILES string of the molecule is O=C(NC(C(=O)NCc1ccco1)C1CCN(C(=O)c2ccc(Cl)cc2)CC1)c1ccccc1. The summed E-state index contributed by atoms with van der Waals surface area (Å²) in [7, 11) is 0. The molecule has 0 bridgehead atoms. The van der Waals surface area contributed by atoms with Crippen molar-refractivity contribution in [1.82, 2.24) is 15.5 Å². The van der Waals surface area contributed by atoms with Gasteiger partial charge in [0, 0.05) is 29.2 Å². The first kappa shape index (κ1) is 23.6. The van der Waals surface area contributed by atoms with Crippen molar-refractivity contribution in [3.8, 4) is 0 Å². The van der Waals surface area contributed by atoms with Crippen molar-refractivity contribution in [1.29, 1.82) is 0 Å². The van der Waals surface area contributed by atoms with E-state index < -0.39 is 6.04 Å². The topological polar surface area (TPSA) is 91.7 Å². The number of nitrogens with one attached hydrogen (secondary N) is 2. The third-order valence-electron chi connectivity index (χ3n) is 6.01. The molecule has 8 heteroatoms. The van der Waals surface area contributed by atoms with Crippen LogP contribution in [0.1, 0.15) is 39.3 Å². The number of halogens is 1. The molecule has 1 aliphatic rings. The molecule has 0 radical (unpaired) electrons. The Morgan fingerprint density at radius 1 is 0.941 bits per heavy atom. The molecule has 1 aliphatic heterocycles. The first-order valence-corrected chi connectivity index (χ1v) is 11.6. The van der Waals surface area contributed by atoms with Gasteiger partial charge in [-0.25, -0.2) is 0 Å². The van der Waals surface area contributed by atoms with Gasteiger partial charge in [-0.2, -0.15) is 0 Å². The number of amides is 3. The highest BCUT2D eigenvalue weighted by atomic mass is 35.5. The van der Waals surface area contributed by atoms with Crippen LogP contribution in [-0.4, -0.2) is 41.8 Å². The van der Waals surface area contributed by atoms with Gasteiger partial charge in [-0.05, 0) is 67.3 Å². The standard InChI is InChI=1S/C26H26ClN3O4/c27-21-10-8-20(9-11-21)26(33)30-14-12-18(13-15-30)23(25(32)28-17-22-7-4-16-34-22)29-24(31)19-5-2-1-3-6-19/h1-11,16,18,23H,12-15,17H2,(H,28,32)(H,29,31). The van der Waals surface area contributed by atoms with Crippen molar-refractivity contribution >= 4 is 29.3 Å². The van der Waals surface area contributed by atoms with Gasteiger partial charge in [0.05, 0.1) is 12.8 Å². The number of hydrogen-bond donors (Lipinski definition) is 2. The van der Waals surface area contributed by atoms with Crippen LogP contribution in [0.15, 0.2) is 77.4 Å². The quantitative estimate of drug-likeness (QED) is 0.537. The van der Waals surface area contributed by atoms with Crippen LogP contribution in [0.25, 0.3) is 0 Å². The summed E-state index contributed by atoms with van der Waals surface area (Å²) in [6, 6.07) is 18.4. The predicted octanol–water partition coefficient (Wildman–Crippen LogP) is 3.90. The minimum absolute atomic E-state index is 0.0674. The molecule has 1 fully saturated rings. The molecule has 1 aromatic heterocycles. The molecule has 1 unspecified atom stereocenters. The van der Waals surface area contributed by atoms with Gasteiger partial charge in [-0.3, -0.25) is 14.4 Å². The van der Waals surface area contributed by atoms with E-state index in [0.29, 0.717) is 47.8 Å². The van der Waals surface area contributed by atoms with Crippen molar-refractivity contribution in [2.75, 3.05) is 13.1 Å². The molecule has 2 aromatic carbocycles. The second-order valence-corrected chi connectivity index (χ2v) is 8.69. The molecule has 1 atom stereocenters. The summed E-state index contributed by atoms with van der Waals surface area (Å²) in [5.74, 6) is -0.132. The molecule has 4 rings (SSSR count). The highest BCUT2D eigenvalue weighted by Gasteiger charge is 2.34. The summed E-state index contributed by atoms with van der Waals surface area (Å²) in [4.78, 5) is 40.6. The van der Waals surface area contributed by atoms with Gasteiger partial charge in [0.25, 0.3) is 11.8 Å². The molecule has 0 aliphatic carbocycles. The molecule has 3 aromatic rings. The van der Waals surface area contributed by atoms with Crippen molar-refractivity contribution in [3.63, 3.8) is 0 Å². The zero-order valence-corrected chi connectivity index (χ0v) is 19.3. The lowest BCUT2D eigenvalue weighted by Crippen LogP contribution is -2.53. The van der Waals surface area contributed by atoms with Crippen LogP contribution < -0.4 is 10.6 Å². The Labute approximate surface area is 203 Å². The Morgan fingerprint density at radius 2 is 1.65 bits per heavy atom. The number of carbonyl (C=O) groups is 3. The van der Waals surface area contributed by atoms with Crippen LogP contribution >= 0.6 is 11.6 Å². The highest BCUT2D eigenvalue weighted by molar-refractivity contribution is 6.30. The average molecular weight is 480 g/mol. The van der Waals surface area contributed by atoms with Crippen LogP contribution in [0.3, 0.4) is 0 Å². The number of piperidine rings is 1. The van der Waals surface area contributed by atoms with Gasteiger partial charge in [-0.1, -0.05) is 29.8 Å². The number of nitrogens with zero attached hydrogens (tertiary/aromatic N) is 1. The second-order valence-electron chi connectivity index (χ2n) is 8.25. The summed E-state index contributed by atoms with van der Waals surface area (Å²) in [6.07, 6.45) is 2.73. The fourth-order valence-electron chi connectivity index (χ4n) is 4.12. The zero-order chi connectivity index (χ0) is 23.9. The summed E-state index contributed by atoms with van der Waals surface area (Å²) in [6.45, 7) is 1.22. The Morgan fingerprint density at radius 3 is 2.29 bits per heavy atom. The van der Waals surface area contributed by atoms with Crippen LogP contribution in [-0.2, 0) is 11.3 Å². The maximum Gasteiger partial charge on any atom is 0.253 e. The molecule has 1 saturated heterocycles. The van der Waals surface area contributed by atoms with Crippen LogP contribution in [0.4, 0.5) is 0 Å². The molecule has 34 heavy (non-hydrogen) atoms. The molecule has 0 saturated carbocycles. The Bertz CT molecular complexity index is 1110. The first-order valence-electron chi connectivity index (χ1n) is 11.2. The first-order chi connectivity index (χ1) is 16.5. The van der Waals surface area contributed by atoms with Crippen molar-refractivity contribution in [2.24, 2.45) is 5.92 Å². The summed E-state index contributed by atoms with van der Waals surface area (Å²) < 4.78 is 5.29. The van der Waals surface area contributed by atoms with E-state index in [2.05, 4.69) is 10.6 Å². The lowest BCUT2D eigenvalue weighted by Gasteiger charge is -2.35. The van der Waals surface area contributed by atoms with E-state index in [-0.39, 0.29) is 30.2 Å². The number of furan rings is 1. The van der Waals surface area contributed by atoms with Gasteiger partial charge in [-0.15, -0.1) is 0 Å². The maximum absolute atomic E-state index is 13.1. The largest absolute Gasteiger partial charge is 0.467 e. The van der Waals surface area contributed by atoms with Crippen LogP contribution in [0.2, 0.25) is 5.02 Å². The van der Waals surface area contributed by atoms with E-state index in [1.807, 2.05) is 6.07 Å². The van der Waals surface area contributed by atoms with Crippen molar-refractivity contribution in [3.05, 3.63) is 94.9 Å². The van der Waals surface area contributed by atoms with E-state index in [1.165, 1.54) is 0 Å². The Hall–Kier alpha value is -3.58. The number of rotatable bonds is 7. The van der Waals surface area contributed by atoms with E-state index in [0.717, 1.165) is 0 Å². The van der Waals surface area contributed by atoms with E-state index in [9.17, 15) is 14.4 Å². The third kappa shape index (κ3) is 5.85. The number of likely N-dealkylation sites (tertiary alicyclic amines) is 1. The molecule has 2 heterocycles. The fourth-order valence-corrected chi connectivity index (χ4v) is 4.25. The van der Waals surface area contributed by atoms with E-state index in [1.54, 1.807) is 71.8 Å². The summed E-state index contributed by atoms with van der Waals surface area (Å²) >= 11 is 5.93. The number of hydrogen-bond acceptors (Lipinski definition) is 4. The third-order valence-corrected chi connectivity index (χ3v) is 6.26. The minimum Gasteiger partial charge on any atom is -0.467 e. The summed E-state index contributed by atoms with van der Waals surface area (Å²) in [5, 5.41) is 6.36. The molecule has 7 nitrogen and oxygen atoms in total. The maximum atomic E-state index is 13.1. The highest BCUT2D eigenvalue weighted by Crippen LogP contribution is 2.23. The smallest absolute Gasteiger partial charge is 0.253 e. The van der Waals surface area contributed by atoms with E-state index >= 15 is 0 Å². The minimum atomic E-state index is -0.726. The Kier molecular flexibility index (Phi) is 7.65. The van der Waals surface area contributed by atoms with Crippen molar-refractivity contribution < 1.29 is 18.8 Å². The van der Waals surface area contributed by atoms with Gasteiger partial charge >= 0.3 is 0 Å². The normalized spacial score (nSPS) is 14.9. The van der Waals surface area contributed by atoms with Crippen molar-refractivity contribution in [2.45, 2.75) is 25.4 Å². The molecular weight excluding hydrogens is 454 g/mol. The van der Waals surface area contributed by atoms with E-state index in [4.69, 9.17) is 16.0 Å². The fraction of sp³-hybridized carbons (Fsp3) is 0.269. The molecule has 0 spiro atoms. The predicted molar refractivity (Wildman–Crippen MR) is 128 cm³/mol. The number of carbonyl (C=O) groups excluding carboxylic acids is 3. The lowest BCUT2D eigenvalue weighted by atomic mass is 9.88. The second kappa shape index (κ2) is 11.0. The molecular formula is C26H26ClN3O4. The van der Waals surface area contributed by atoms with Gasteiger partial charge in [0.15, 0.2) is 0 Å². The van der Waals surface area contributed by atoms with Gasteiger partial charge in [0.2, 0.25) is 5.91 Å². The molecule has 2 N–H and O–H groups in total. The monoisotopic (exact) mass is 479 g/mol. The molecule has 176 valence electrons. The lowest BCUT2D eigenvalue weighted by molar-refractivity contribution is -0.124. The number of benzene rings is 2. The average Bonchev–Trinajstić information content (AvgIpc) is 3.40.